The predicted octanol–water partition coefficient (Wildman–Crippen LogP) is 2.56. The predicted molar refractivity (Wildman–Crippen MR) is 136 cm³/mol. The summed E-state index contributed by atoms with van der Waals surface area (Å²) < 4.78 is 20.6. The molecule has 0 aliphatic heterocycles. The summed E-state index contributed by atoms with van der Waals surface area (Å²) in [5.41, 5.74) is 0.986. The summed E-state index contributed by atoms with van der Waals surface area (Å²) in [7, 11) is 4.68. The van der Waals surface area contributed by atoms with E-state index in [0.29, 0.717) is 31.0 Å². The molecule has 198 valence electrons. The van der Waals surface area contributed by atoms with Gasteiger partial charge in [-0.25, -0.2) is 4.79 Å². The lowest BCUT2D eigenvalue weighted by molar-refractivity contribution is -0.141. The third kappa shape index (κ3) is 9.38. The molecule has 0 bridgehead atoms. The van der Waals surface area contributed by atoms with Crippen molar-refractivity contribution in [3.05, 3.63) is 46.2 Å². The highest BCUT2D eigenvalue weighted by Crippen LogP contribution is 2.27. The molecule has 0 radical (unpaired) electrons. The van der Waals surface area contributed by atoms with Gasteiger partial charge in [0.1, 0.15) is 13.1 Å². The summed E-state index contributed by atoms with van der Waals surface area (Å²) in [5.74, 6) is 0.495. The number of amides is 3. The average molecular weight is 522 g/mol. The van der Waals surface area contributed by atoms with Crippen molar-refractivity contribution in [2.75, 3.05) is 60.7 Å². The highest BCUT2D eigenvalue weighted by Gasteiger charge is 2.22. The number of hydrogen-bond donors (Lipinski definition) is 1. The van der Waals surface area contributed by atoms with E-state index in [-0.39, 0.29) is 38.8 Å². The quantitative estimate of drug-likeness (QED) is 0.359. The zero-order chi connectivity index (χ0) is 26.3. The molecule has 1 N–H and O–H groups in total. The molecule has 36 heavy (non-hydrogen) atoms. The highest BCUT2D eigenvalue weighted by atomic mass is 32.1. The van der Waals surface area contributed by atoms with Gasteiger partial charge in [0.15, 0.2) is 11.5 Å². The van der Waals surface area contributed by atoms with Crippen molar-refractivity contribution < 1.29 is 33.3 Å². The second-order valence-corrected chi connectivity index (χ2v) is 8.74. The molecule has 0 unspecified atom stereocenters. The van der Waals surface area contributed by atoms with E-state index in [0.717, 1.165) is 10.4 Å². The third-order valence-electron chi connectivity index (χ3n) is 5.27. The standard InChI is InChI=1S/C25H35N3O7S/c1-5-35-24(30)16-26-25(31)28(12-13-32-2)18-23(29)27(17-20-7-6-14-36-20)11-10-19-8-9-21(33-3)22(15-19)34-4/h6-9,14-15H,5,10-13,16-18H2,1-4H3,(H,26,31). The van der Waals surface area contributed by atoms with Gasteiger partial charge in [-0.3, -0.25) is 9.59 Å². The van der Waals surface area contributed by atoms with E-state index in [2.05, 4.69) is 5.32 Å². The van der Waals surface area contributed by atoms with E-state index in [1.54, 1.807) is 37.4 Å². The maximum absolute atomic E-state index is 13.4. The largest absolute Gasteiger partial charge is 0.493 e. The minimum absolute atomic E-state index is 0.157. The summed E-state index contributed by atoms with van der Waals surface area (Å²) >= 11 is 1.56. The Morgan fingerprint density at radius 1 is 1.00 bits per heavy atom. The number of nitrogens with zero attached hydrogens (tertiary/aromatic N) is 2. The molecular formula is C25H35N3O7S. The molecule has 2 rings (SSSR count). The van der Waals surface area contributed by atoms with E-state index in [1.165, 1.54) is 12.0 Å². The van der Waals surface area contributed by atoms with Gasteiger partial charge in [0.05, 0.1) is 34.0 Å². The molecule has 1 aromatic carbocycles. The lowest BCUT2D eigenvalue weighted by Crippen LogP contribution is -2.49. The SMILES string of the molecule is CCOC(=O)CNC(=O)N(CCOC)CC(=O)N(CCc1ccc(OC)c(OC)c1)Cc1cccs1. The second-order valence-electron chi connectivity index (χ2n) is 7.71. The molecule has 1 heterocycles. The Kier molecular flexibility index (Phi) is 12.6. The van der Waals surface area contributed by atoms with Crippen LogP contribution < -0.4 is 14.8 Å². The monoisotopic (exact) mass is 521 g/mol. The molecule has 0 saturated heterocycles. The molecule has 2 aromatic rings. The first kappa shape index (κ1) is 28.9. The Hall–Kier alpha value is -3.31. The van der Waals surface area contributed by atoms with Crippen molar-refractivity contribution in [3.63, 3.8) is 0 Å². The molecule has 0 atom stereocenters. The Labute approximate surface area is 216 Å². The van der Waals surface area contributed by atoms with Crippen LogP contribution in [0.2, 0.25) is 0 Å². The molecule has 0 spiro atoms. The van der Waals surface area contributed by atoms with Crippen molar-refractivity contribution in [2.24, 2.45) is 0 Å². The van der Waals surface area contributed by atoms with Crippen LogP contribution in [0.1, 0.15) is 17.4 Å². The van der Waals surface area contributed by atoms with Crippen molar-refractivity contribution in [2.45, 2.75) is 19.9 Å². The number of thiophene rings is 1. The van der Waals surface area contributed by atoms with Crippen LogP contribution in [0.3, 0.4) is 0 Å². The van der Waals surface area contributed by atoms with Gasteiger partial charge < -0.3 is 34.1 Å². The van der Waals surface area contributed by atoms with E-state index >= 15 is 0 Å². The summed E-state index contributed by atoms with van der Waals surface area (Å²) in [4.78, 5) is 41.8. The van der Waals surface area contributed by atoms with Gasteiger partial charge in [0, 0.05) is 25.1 Å². The average Bonchev–Trinajstić information content (AvgIpc) is 3.40. The van der Waals surface area contributed by atoms with Gasteiger partial charge in [-0.05, 0) is 42.5 Å². The number of urea groups is 1. The van der Waals surface area contributed by atoms with Crippen molar-refractivity contribution in [1.82, 2.24) is 15.1 Å². The van der Waals surface area contributed by atoms with Gasteiger partial charge in [-0.15, -0.1) is 11.3 Å². The number of carbonyl (C=O) groups is 3. The van der Waals surface area contributed by atoms with Gasteiger partial charge >= 0.3 is 12.0 Å². The summed E-state index contributed by atoms with van der Waals surface area (Å²) in [6, 6.07) is 9.02. The first-order valence-corrected chi connectivity index (χ1v) is 12.5. The fraction of sp³-hybridized carbons (Fsp3) is 0.480. The van der Waals surface area contributed by atoms with Gasteiger partial charge in [-0.1, -0.05) is 12.1 Å². The maximum Gasteiger partial charge on any atom is 0.325 e. The normalized spacial score (nSPS) is 10.4. The molecule has 0 saturated carbocycles. The summed E-state index contributed by atoms with van der Waals surface area (Å²) in [5, 5.41) is 4.47. The topological polar surface area (TPSA) is 107 Å². The maximum atomic E-state index is 13.4. The van der Waals surface area contributed by atoms with Gasteiger partial charge in [-0.2, -0.15) is 0 Å². The summed E-state index contributed by atoms with van der Waals surface area (Å²) in [6.45, 7) is 2.78. The van der Waals surface area contributed by atoms with Crippen molar-refractivity contribution >= 4 is 29.2 Å². The Bertz CT molecular complexity index is 969. The van der Waals surface area contributed by atoms with Crippen molar-refractivity contribution in [1.29, 1.82) is 0 Å². The second kappa shape index (κ2) is 15.6. The van der Waals surface area contributed by atoms with Crippen LogP contribution in [0.15, 0.2) is 35.7 Å². The van der Waals surface area contributed by atoms with Crippen LogP contribution >= 0.6 is 11.3 Å². The van der Waals surface area contributed by atoms with Crippen molar-refractivity contribution in [3.8, 4) is 11.5 Å². The first-order valence-electron chi connectivity index (χ1n) is 11.6. The molecule has 1 aromatic heterocycles. The molecular weight excluding hydrogens is 486 g/mol. The third-order valence-corrected chi connectivity index (χ3v) is 6.13. The van der Waals surface area contributed by atoms with Gasteiger partial charge in [0.25, 0.3) is 0 Å². The van der Waals surface area contributed by atoms with Crippen LogP contribution in [0, 0.1) is 0 Å². The number of methoxy groups -OCH3 is 3. The highest BCUT2D eigenvalue weighted by molar-refractivity contribution is 7.09. The lowest BCUT2D eigenvalue weighted by atomic mass is 10.1. The van der Waals surface area contributed by atoms with E-state index < -0.39 is 12.0 Å². The van der Waals surface area contributed by atoms with Crippen LogP contribution in [0.4, 0.5) is 4.79 Å². The first-order chi connectivity index (χ1) is 17.4. The minimum atomic E-state index is -0.543. The minimum Gasteiger partial charge on any atom is -0.493 e. The fourth-order valence-corrected chi connectivity index (χ4v) is 4.09. The number of hydrogen-bond acceptors (Lipinski definition) is 8. The Morgan fingerprint density at radius 3 is 2.42 bits per heavy atom. The smallest absolute Gasteiger partial charge is 0.325 e. The summed E-state index contributed by atoms with van der Waals surface area (Å²) in [6.07, 6.45) is 0.588. The molecule has 0 aliphatic rings. The Morgan fingerprint density at radius 2 is 1.78 bits per heavy atom. The molecule has 0 aliphatic carbocycles. The fourth-order valence-electron chi connectivity index (χ4n) is 3.37. The van der Waals surface area contributed by atoms with Crippen LogP contribution in [-0.2, 0) is 32.0 Å². The number of carbonyl (C=O) groups excluding carboxylic acids is 3. The number of ether oxygens (including phenoxy) is 4. The van der Waals surface area contributed by atoms with E-state index in [9.17, 15) is 14.4 Å². The number of nitrogens with one attached hydrogen (secondary N) is 1. The number of esters is 1. The zero-order valence-corrected chi connectivity index (χ0v) is 22.1. The number of rotatable bonds is 15. The van der Waals surface area contributed by atoms with Gasteiger partial charge in [0.2, 0.25) is 5.91 Å². The zero-order valence-electron chi connectivity index (χ0n) is 21.3. The molecule has 10 nitrogen and oxygen atoms in total. The van der Waals surface area contributed by atoms with E-state index in [4.69, 9.17) is 18.9 Å². The molecule has 11 heteroatoms. The van der Waals surface area contributed by atoms with E-state index in [1.807, 2.05) is 35.7 Å². The van der Waals surface area contributed by atoms with Crippen LogP contribution in [-0.4, -0.2) is 88.4 Å². The lowest BCUT2D eigenvalue weighted by Gasteiger charge is -2.27. The number of benzene rings is 1. The Balaban J connectivity index is 2.11. The molecule has 0 fully saturated rings. The molecule has 3 amide bonds. The van der Waals surface area contributed by atoms with Crippen LogP contribution in [0.5, 0.6) is 11.5 Å². The van der Waals surface area contributed by atoms with Crippen LogP contribution in [0.25, 0.3) is 0 Å².